The molecule has 0 bridgehead atoms. The topological polar surface area (TPSA) is 56.1 Å². The van der Waals surface area contributed by atoms with E-state index in [9.17, 15) is 4.79 Å². The van der Waals surface area contributed by atoms with E-state index >= 15 is 0 Å². The Morgan fingerprint density at radius 3 is 2.65 bits per heavy atom. The van der Waals surface area contributed by atoms with Gasteiger partial charge in [-0.2, -0.15) is 5.10 Å². The standard InChI is InChI=1S/C12H21N3O2/c1-8(2)11(12(16)17-5)13-7-10-6-9(3)14-15(10)4/h6,8,11,13H,7H2,1-5H3. The fourth-order valence-electron chi connectivity index (χ4n) is 1.76. The van der Waals surface area contributed by atoms with Gasteiger partial charge < -0.3 is 4.74 Å². The second-order valence-corrected chi connectivity index (χ2v) is 4.53. The van der Waals surface area contributed by atoms with E-state index in [0.717, 1.165) is 11.4 Å². The zero-order valence-electron chi connectivity index (χ0n) is 11.2. The summed E-state index contributed by atoms with van der Waals surface area (Å²) in [6.45, 7) is 6.53. The van der Waals surface area contributed by atoms with Crippen LogP contribution < -0.4 is 5.32 Å². The summed E-state index contributed by atoms with van der Waals surface area (Å²) in [5, 5.41) is 7.46. The predicted molar refractivity (Wildman–Crippen MR) is 65.4 cm³/mol. The summed E-state index contributed by atoms with van der Waals surface area (Å²) >= 11 is 0. The van der Waals surface area contributed by atoms with Gasteiger partial charge in [-0.1, -0.05) is 13.8 Å². The molecule has 0 fully saturated rings. The highest BCUT2D eigenvalue weighted by Gasteiger charge is 2.22. The van der Waals surface area contributed by atoms with E-state index in [4.69, 9.17) is 4.74 Å². The first-order valence-electron chi connectivity index (χ1n) is 5.76. The number of aryl methyl sites for hydroxylation is 2. The Kier molecular flexibility index (Phi) is 4.69. The molecule has 96 valence electrons. The van der Waals surface area contributed by atoms with E-state index in [1.54, 1.807) is 0 Å². The summed E-state index contributed by atoms with van der Waals surface area (Å²) in [6, 6.07) is 1.72. The van der Waals surface area contributed by atoms with Gasteiger partial charge >= 0.3 is 5.97 Å². The monoisotopic (exact) mass is 239 g/mol. The van der Waals surface area contributed by atoms with E-state index in [-0.39, 0.29) is 17.9 Å². The van der Waals surface area contributed by atoms with Crippen LogP contribution in [-0.4, -0.2) is 28.9 Å². The van der Waals surface area contributed by atoms with E-state index in [0.29, 0.717) is 6.54 Å². The molecule has 1 heterocycles. The Balaban J connectivity index is 2.64. The van der Waals surface area contributed by atoms with Crippen molar-refractivity contribution in [3.63, 3.8) is 0 Å². The third-order valence-electron chi connectivity index (χ3n) is 2.72. The van der Waals surface area contributed by atoms with Crippen molar-refractivity contribution < 1.29 is 9.53 Å². The third kappa shape index (κ3) is 3.56. The molecular weight excluding hydrogens is 218 g/mol. The normalized spacial score (nSPS) is 12.8. The summed E-state index contributed by atoms with van der Waals surface area (Å²) in [6.07, 6.45) is 0. The Morgan fingerprint density at radius 1 is 1.59 bits per heavy atom. The molecule has 1 aromatic heterocycles. The fourth-order valence-corrected chi connectivity index (χ4v) is 1.76. The van der Waals surface area contributed by atoms with Crippen LogP contribution in [0, 0.1) is 12.8 Å². The molecule has 0 aliphatic heterocycles. The molecule has 1 N–H and O–H groups in total. The maximum Gasteiger partial charge on any atom is 0.323 e. The zero-order valence-corrected chi connectivity index (χ0v) is 11.2. The number of hydrogen-bond donors (Lipinski definition) is 1. The first-order valence-corrected chi connectivity index (χ1v) is 5.76. The molecule has 17 heavy (non-hydrogen) atoms. The van der Waals surface area contributed by atoms with Gasteiger partial charge in [-0.05, 0) is 18.9 Å². The van der Waals surface area contributed by atoms with Crippen LogP contribution in [0.4, 0.5) is 0 Å². The minimum absolute atomic E-state index is 0.191. The molecule has 0 radical (unpaired) electrons. The van der Waals surface area contributed by atoms with Gasteiger partial charge in [0, 0.05) is 13.6 Å². The smallest absolute Gasteiger partial charge is 0.323 e. The van der Waals surface area contributed by atoms with E-state index < -0.39 is 0 Å². The van der Waals surface area contributed by atoms with Crippen molar-refractivity contribution in [2.75, 3.05) is 7.11 Å². The number of nitrogens with zero attached hydrogens (tertiary/aromatic N) is 2. The minimum atomic E-state index is -0.282. The number of carbonyl (C=O) groups is 1. The number of rotatable bonds is 5. The maximum atomic E-state index is 11.6. The molecule has 0 amide bonds. The van der Waals surface area contributed by atoms with Crippen LogP contribution in [0.3, 0.4) is 0 Å². The average molecular weight is 239 g/mol. The van der Waals surface area contributed by atoms with Crippen LogP contribution in [0.1, 0.15) is 25.2 Å². The molecule has 0 saturated carbocycles. The van der Waals surface area contributed by atoms with Crippen LogP contribution in [-0.2, 0) is 23.1 Å². The summed E-state index contributed by atoms with van der Waals surface area (Å²) in [5.74, 6) is -0.0318. The molecule has 1 aromatic rings. The van der Waals surface area contributed by atoms with E-state index in [2.05, 4.69) is 10.4 Å². The lowest BCUT2D eigenvalue weighted by atomic mass is 10.0. The Labute approximate surface area is 102 Å². The molecule has 0 aromatic carbocycles. The third-order valence-corrected chi connectivity index (χ3v) is 2.72. The molecule has 1 atom stereocenters. The van der Waals surface area contributed by atoms with E-state index in [1.807, 2.05) is 38.6 Å². The van der Waals surface area contributed by atoms with Crippen LogP contribution in [0.15, 0.2) is 6.07 Å². The molecule has 5 heteroatoms. The fraction of sp³-hybridized carbons (Fsp3) is 0.667. The lowest BCUT2D eigenvalue weighted by Crippen LogP contribution is -2.41. The van der Waals surface area contributed by atoms with Gasteiger partial charge in [0.05, 0.1) is 18.5 Å². The lowest BCUT2D eigenvalue weighted by molar-refractivity contribution is -0.144. The van der Waals surface area contributed by atoms with Gasteiger partial charge in [0.15, 0.2) is 0 Å². The van der Waals surface area contributed by atoms with Crippen molar-refractivity contribution in [2.24, 2.45) is 13.0 Å². The zero-order chi connectivity index (χ0) is 13.0. The van der Waals surface area contributed by atoms with Crippen molar-refractivity contribution in [1.29, 1.82) is 0 Å². The van der Waals surface area contributed by atoms with Crippen molar-refractivity contribution in [3.8, 4) is 0 Å². The SMILES string of the molecule is COC(=O)C(NCc1cc(C)nn1C)C(C)C. The van der Waals surface area contributed by atoms with E-state index in [1.165, 1.54) is 7.11 Å². The van der Waals surface area contributed by atoms with Crippen LogP contribution >= 0.6 is 0 Å². The van der Waals surface area contributed by atoms with Gasteiger partial charge in [0.1, 0.15) is 6.04 Å². The number of aromatic nitrogens is 2. The highest BCUT2D eigenvalue weighted by molar-refractivity contribution is 5.75. The number of nitrogens with one attached hydrogen (secondary N) is 1. The minimum Gasteiger partial charge on any atom is -0.468 e. The van der Waals surface area contributed by atoms with Crippen molar-refractivity contribution in [2.45, 2.75) is 33.4 Å². The summed E-state index contributed by atoms with van der Waals surface area (Å²) in [7, 11) is 3.31. The summed E-state index contributed by atoms with van der Waals surface area (Å²) in [5.41, 5.74) is 2.03. The molecule has 0 aliphatic rings. The Morgan fingerprint density at radius 2 is 2.24 bits per heavy atom. The lowest BCUT2D eigenvalue weighted by Gasteiger charge is -2.19. The molecule has 0 aliphatic carbocycles. The number of carbonyl (C=O) groups excluding carboxylic acids is 1. The van der Waals surface area contributed by atoms with Gasteiger partial charge in [-0.15, -0.1) is 0 Å². The second kappa shape index (κ2) is 5.82. The molecule has 0 spiro atoms. The van der Waals surface area contributed by atoms with Gasteiger partial charge in [0.25, 0.3) is 0 Å². The highest BCUT2D eigenvalue weighted by Crippen LogP contribution is 2.07. The van der Waals surface area contributed by atoms with Crippen LogP contribution in [0.5, 0.6) is 0 Å². The maximum absolute atomic E-state index is 11.6. The Bertz CT molecular complexity index is 385. The molecular formula is C12H21N3O2. The molecule has 5 nitrogen and oxygen atoms in total. The highest BCUT2D eigenvalue weighted by atomic mass is 16.5. The van der Waals surface area contributed by atoms with Gasteiger partial charge in [-0.3, -0.25) is 14.8 Å². The largest absolute Gasteiger partial charge is 0.468 e. The second-order valence-electron chi connectivity index (χ2n) is 4.53. The first-order chi connectivity index (χ1) is 7.95. The average Bonchev–Trinajstić information content (AvgIpc) is 2.57. The van der Waals surface area contributed by atoms with Crippen molar-refractivity contribution in [1.82, 2.24) is 15.1 Å². The van der Waals surface area contributed by atoms with Crippen molar-refractivity contribution >= 4 is 5.97 Å². The van der Waals surface area contributed by atoms with Crippen LogP contribution in [0.25, 0.3) is 0 Å². The number of methoxy groups -OCH3 is 1. The summed E-state index contributed by atoms with van der Waals surface area (Å²) < 4.78 is 6.59. The first kappa shape index (κ1) is 13.7. The molecule has 0 saturated heterocycles. The molecule has 1 unspecified atom stereocenters. The van der Waals surface area contributed by atoms with Gasteiger partial charge in [-0.25, -0.2) is 0 Å². The number of ether oxygens (including phenoxy) is 1. The molecule has 1 rings (SSSR count). The Hall–Kier alpha value is -1.36. The summed E-state index contributed by atoms with van der Waals surface area (Å²) in [4.78, 5) is 11.6. The van der Waals surface area contributed by atoms with Gasteiger partial charge in [0.2, 0.25) is 0 Å². The number of hydrogen-bond acceptors (Lipinski definition) is 4. The number of esters is 1. The quantitative estimate of drug-likeness (QED) is 0.779. The van der Waals surface area contributed by atoms with Crippen LogP contribution in [0.2, 0.25) is 0 Å². The van der Waals surface area contributed by atoms with Crippen molar-refractivity contribution in [3.05, 3.63) is 17.5 Å². The predicted octanol–water partition coefficient (Wildman–Crippen LogP) is 1.02.